The first kappa shape index (κ1) is 18.9. The highest BCUT2D eigenvalue weighted by molar-refractivity contribution is 5.95. The molecule has 7 nitrogen and oxygen atoms in total. The molecule has 1 atom stereocenters. The molecule has 1 spiro atoms. The van der Waals surface area contributed by atoms with Gasteiger partial charge >= 0.3 is 0 Å². The zero-order valence-electron chi connectivity index (χ0n) is 16.1. The lowest BCUT2D eigenvalue weighted by atomic mass is 9.88. The van der Waals surface area contributed by atoms with Gasteiger partial charge in [-0.05, 0) is 39.0 Å². The molecule has 2 aliphatic rings. The maximum atomic E-state index is 12.9. The van der Waals surface area contributed by atoms with E-state index in [-0.39, 0.29) is 23.5 Å². The lowest BCUT2D eigenvalue weighted by Gasteiger charge is -2.39. The Labute approximate surface area is 155 Å². The first-order chi connectivity index (χ1) is 12.4. The molecule has 0 radical (unpaired) electrons. The molecule has 1 aromatic rings. The highest BCUT2D eigenvalue weighted by Crippen LogP contribution is 2.39. The van der Waals surface area contributed by atoms with Gasteiger partial charge in [0.2, 0.25) is 5.91 Å². The molecular formula is C19H30N4O3. The van der Waals surface area contributed by atoms with E-state index < -0.39 is 0 Å². The molecule has 3 rings (SSSR count). The number of carbonyl (C=O) groups excluding carboxylic acids is 2. The van der Waals surface area contributed by atoms with E-state index in [0.717, 1.165) is 44.3 Å². The monoisotopic (exact) mass is 362 g/mol. The average Bonchev–Trinajstić information content (AvgIpc) is 3.18. The Morgan fingerprint density at radius 1 is 1.35 bits per heavy atom. The maximum Gasteiger partial charge on any atom is 0.257 e. The number of amides is 2. The molecule has 0 aliphatic carbocycles. The summed E-state index contributed by atoms with van der Waals surface area (Å²) in [5.41, 5.74) is 1.54. The second-order valence-corrected chi connectivity index (χ2v) is 7.56. The number of aryl methyl sites for hydroxylation is 1. The van der Waals surface area contributed by atoms with E-state index in [2.05, 4.69) is 17.3 Å². The molecule has 1 N–H and O–H groups in total. The fourth-order valence-corrected chi connectivity index (χ4v) is 4.05. The molecule has 1 aromatic heterocycles. The van der Waals surface area contributed by atoms with Crippen LogP contribution >= 0.6 is 0 Å². The highest BCUT2D eigenvalue weighted by Gasteiger charge is 2.43. The minimum Gasteiger partial charge on any atom is -0.370 e. The Balaban J connectivity index is 1.55. The molecule has 144 valence electrons. The predicted octanol–water partition coefficient (Wildman–Crippen LogP) is 1.89. The van der Waals surface area contributed by atoms with Crippen molar-refractivity contribution in [2.75, 3.05) is 19.6 Å². The van der Waals surface area contributed by atoms with Crippen LogP contribution in [0.1, 0.15) is 62.0 Å². The van der Waals surface area contributed by atoms with Crippen LogP contribution < -0.4 is 5.32 Å². The number of likely N-dealkylation sites (tertiary alicyclic amines) is 1. The molecule has 0 aromatic carbocycles. The van der Waals surface area contributed by atoms with Gasteiger partial charge in [-0.1, -0.05) is 6.92 Å². The van der Waals surface area contributed by atoms with Crippen LogP contribution in [-0.2, 0) is 16.1 Å². The topological polar surface area (TPSA) is 76.5 Å². The van der Waals surface area contributed by atoms with Crippen LogP contribution in [0.25, 0.3) is 0 Å². The van der Waals surface area contributed by atoms with Crippen molar-refractivity contribution >= 4 is 11.8 Å². The Kier molecular flexibility index (Phi) is 5.65. The number of piperidine rings is 1. The normalized spacial score (nSPS) is 22.0. The molecular weight excluding hydrogens is 332 g/mol. The summed E-state index contributed by atoms with van der Waals surface area (Å²) in [6.07, 6.45) is 6.49. The predicted molar refractivity (Wildman–Crippen MR) is 97.9 cm³/mol. The summed E-state index contributed by atoms with van der Waals surface area (Å²) in [6.45, 7) is 8.44. The third kappa shape index (κ3) is 3.92. The summed E-state index contributed by atoms with van der Waals surface area (Å²) < 4.78 is 8.17. The van der Waals surface area contributed by atoms with Gasteiger partial charge in [0.15, 0.2) is 0 Å². The van der Waals surface area contributed by atoms with Gasteiger partial charge in [-0.2, -0.15) is 5.10 Å². The Hall–Kier alpha value is -1.89. The van der Waals surface area contributed by atoms with Gasteiger partial charge in [0.05, 0.1) is 23.5 Å². The summed E-state index contributed by atoms with van der Waals surface area (Å²) in [7, 11) is 0. The Morgan fingerprint density at radius 2 is 2.08 bits per heavy atom. The number of aromatic nitrogens is 2. The molecule has 2 aliphatic heterocycles. The Bertz CT molecular complexity index is 662. The standard InChI is InChI=1S/C19H30N4O3/c1-4-9-23-14(2)17(13-21-23)18(25)22-10-7-19(8-11-22)6-5-16(26-19)12-20-15(3)24/h13,16H,4-12H2,1-3H3,(H,20,24). The van der Waals surface area contributed by atoms with E-state index in [9.17, 15) is 9.59 Å². The SMILES string of the molecule is CCCn1ncc(C(=O)N2CCC3(CCC(CNC(C)=O)O3)CC2)c1C. The second kappa shape index (κ2) is 7.78. The summed E-state index contributed by atoms with van der Waals surface area (Å²) in [4.78, 5) is 25.9. The molecule has 2 saturated heterocycles. The number of hydrogen-bond acceptors (Lipinski definition) is 4. The second-order valence-electron chi connectivity index (χ2n) is 7.56. The maximum absolute atomic E-state index is 12.9. The van der Waals surface area contributed by atoms with Crippen LogP contribution in [0, 0.1) is 6.92 Å². The van der Waals surface area contributed by atoms with E-state index in [1.807, 2.05) is 16.5 Å². The number of carbonyl (C=O) groups is 2. The average molecular weight is 362 g/mol. The fourth-order valence-electron chi connectivity index (χ4n) is 4.05. The molecule has 26 heavy (non-hydrogen) atoms. The van der Waals surface area contributed by atoms with Gasteiger partial charge in [-0.3, -0.25) is 14.3 Å². The van der Waals surface area contributed by atoms with Crippen molar-refractivity contribution in [2.24, 2.45) is 0 Å². The van der Waals surface area contributed by atoms with Crippen LogP contribution in [0.5, 0.6) is 0 Å². The smallest absolute Gasteiger partial charge is 0.257 e. The molecule has 1 unspecified atom stereocenters. The van der Waals surface area contributed by atoms with Crippen molar-refractivity contribution < 1.29 is 14.3 Å². The minimum absolute atomic E-state index is 0.0195. The molecule has 2 fully saturated rings. The quantitative estimate of drug-likeness (QED) is 0.868. The van der Waals surface area contributed by atoms with Gasteiger partial charge in [0.25, 0.3) is 5.91 Å². The summed E-state index contributed by atoms with van der Waals surface area (Å²) in [6, 6.07) is 0. The molecule has 2 amide bonds. The molecule has 0 bridgehead atoms. The lowest BCUT2D eigenvalue weighted by molar-refractivity contribution is -0.120. The van der Waals surface area contributed by atoms with E-state index in [1.165, 1.54) is 6.92 Å². The van der Waals surface area contributed by atoms with E-state index >= 15 is 0 Å². The largest absolute Gasteiger partial charge is 0.370 e. The van der Waals surface area contributed by atoms with Gasteiger partial charge in [-0.25, -0.2) is 0 Å². The first-order valence-electron chi connectivity index (χ1n) is 9.68. The van der Waals surface area contributed by atoms with Crippen molar-refractivity contribution in [2.45, 2.75) is 71.1 Å². The van der Waals surface area contributed by atoms with Crippen molar-refractivity contribution in [1.82, 2.24) is 20.0 Å². The first-order valence-corrected chi connectivity index (χ1v) is 9.68. The summed E-state index contributed by atoms with van der Waals surface area (Å²) in [5, 5.41) is 7.19. The van der Waals surface area contributed by atoms with E-state index in [1.54, 1.807) is 6.20 Å². The van der Waals surface area contributed by atoms with Gasteiger partial charge in [0, 0.05) is 38.8 Å². The number of rotatable bonds is 5. The third-order valence-corrected chi connectivity index (χ3v) is 5.65. The lowest BCUT2D eigenvalue weighted by Crippen LogP contribution is -2.47. The van der Waals surface area contributed by atoms with Crippen molar-refractivity contribution in [1.29, 1.82) is 0 Å². The van der Waals surface area contributed by atoms with Crippen molar-refractivity contribution in [3.63, 3.8) is 0 Å². The van der Waals surface area contributed by atoms with Crippen LogP contribution in [0.15, 0.2) is 6.20 Å². The molecule has 0 saturated carbocycles. The highest BCUT2D eigenvalue weighted by atomic mass is 16.5. The number of nitrogens with one attached hydrogen (secondary N) is 1. The van der Waals surface area contributed by atoms with Crippen LogP contribution in [0.3, 0.4) is 0 Å². The Morgan fingerprint density at radius 3 is 2.73 bits per heavy atom. The van der Waals surface area contributed by atoms with Gasteiger partial charge in [-0.15, -0.1) is 0 Å². The number of nitrogens with zero attached hydrogens (tertiary/aromatic N) is 3. The van der Waals surface area contributed by atoms with Crippen LogP contribution in [0.4, 0.5) is 0 Å². The van der Waals surface area contributed by atoms with E-state index in [0.29, 0.717) is 25.2 Å². The molecule has 7 heteroatoms. The van der Waals surface area contributed by atoms with Crippen molar-refractivity contribution in [3.8, 4) is 0 Å². The van der Waals surface area contributed by atoms with Gasteiger partial charge < -0.3 is 15.0 Å². The van der Waals surface area contributed by atoms with Crippen LogP contribution in [-0.4, -0.2) is 57.8 Å². The fraction of sp³-hybridized carbons (Fsp3) is 0.737. The summed E-state index contributed by atoms with van der Waals surface area (Å²) >= 11 is 0. The zero-order valence-corrected chi connectivity index (χ0v) is 16.1. The third-order valence-electron chi connectivity index (χ3n) is 5.65. The zero-order chi connectivity index (χ0) is 18.7. The molecule has 3 heterocycles. The van der Waals surface area contributed by atoms with E-state index in [4.69, 9.17) is 4.74 Å². The number of ether oxygens (including phenoxy) is 1. The summed E-state index contributed by atoms with van der Waals surface area (Å²) in [5.74, 6) is 0.0569. The van der Waals surface area contributed by atoms with Gasteiger partial charge in [0.1, 0.15) is 0 Å². The van der Waals surface area contributed by atoms with Crippen molar-refractivity contribution in [3.05, 3.63) is 17.5 Å². The number of hydrogen-bond donors (Lipinski definition) is 1. The minimum atomic E-state index is -0.124. The van der Waals surface area contributed by atoms with Crippen LogP contribution in [0.2, 0.25) is 0 Å².